The molecule has 2 aromatic carbocycles. The molecule has 0 aromatic heterocycles. The minimum Gasteiger partial charge on any atom is -0.497 e. The van der Waals surface area contributed by atoms with Crippen LogP contribution in [0.4, 0.5) is 4.79 Å². The molecule has 0 bridgehead atoms. The number of aliphatic hydroxyl groups excluding tert-OH is 1. The summed E-state index contributed by atoms with van der Waals surface area (Å²) < 4.78 is 5.12. The monoisotopic (exact) mass is 425 g/mol. The van der Waals surface area contributed by atoms with Gasteiger partial charge >= 0.3 is 6.03 Å². The summed E-state index contributed by atoms with van der Waals surface area (Å²) in [5.74, 6) is -0.0822. The van der Waals surface area contributed by atoms with Crippen molar-refractivity contribution in [2.75, 3.05) is 20.3 Å². The smallest absolute Gasteiger partial charge is 0.324 e. The van der Waals surface area contributed by atoms with Crippen LogP contribution in [0.5, 0.6) is 5.75 Å². The van der Waals surface area contributed by atoms with Crippen LogP contribution < -0.4 is 15.4 Å². The number of carbonyl (C=O) groups excluding carboxylic acids is 3. The number of aliphatic hydroxyl groups is 1. The van der Waals surface area contributed by atoms with E-state index in [1.165, 1.54) is 0 Å². The predicted octanol–water partition coefficient (Wildman–Crippen LogP) is 1.27. The normalized spacial score (nSPS) is 16.7. The van der Waals surface area contributed by atoms with E-state index in [4.69, 9.17) is 4.74 Å². The maximum atomic E-state index is 12.6. The fraction of sp³-hybridized carbons (Fsp3) is 0.348. The molecule has 0 aliphatic carbocycles. The number of hydrogen-bond acceptors (Lipinski definition) is 5. The lowest BCUT2D eigenvalue weighted by Crippen LogP contribution is -2.43. The van der Waals surface area contributed by atoms with Gasteiger partial charge in [0.25, 0.3) is 5.91 Å². The summed E-state index contributed by atoms with van der Waals surface area (Å²) in [5, 5.41) is 14.9. The first-order chi connectivity index (χ1) is 15.0. The van der Waals surface area contributed by atoms with Crippen molar-refractivity contribution in [1.82, 2.24) is 15.5 Å². The van der Waals surface area contributed by atoms with E-state index in [0.29, 0.717) is 12.8 Å². The molecule has 1 fully saturated rings. The first-order valence-corrected chi connectivity index (χ1v) is 10.2. The predicted molar refractivity (Wildman–Crippen MR) is 115 cm³/mol. The molecule has 0 radical (unpaired) electrons. The Morgan fingerprint density at radius 2 is 1.84 bits per heavy atom. The van der Waals surface area contributed by atoms with Gasteiger partial charge in [-0.2, -0.15) is 0 Å². The molecule has 3 N–H and O–H groups in total. The summed E-state index contributed by atoms with van der Waals surface area (Å²) in [6.45, 7) is 0.00196. The number of ether oxygens (including phenoxy) is 1. The number of methoxy groups -OCH3 is 1. The van der Waals surface area contributed by atoms with Crippen molar-refractivity contribution in [2.24, 2.45) is 0 Å². The highest BCUT2D eigenvalue weighted by Gasteiger charge is 2.38. The van der Waals surface area contributed by atoms with Crippen LogP contribution in [0.3, 0.4) is 0 Å². The van der Waals surface area contributed by atoms with E-state index < -0.39 is 29.9 Å². The number of imide groups is 1. The number of amides is 4. The number of hydrogen-bond donors (Lipinski definition) is 3. The Kier molecular flexibility index (Phi) is 7.61. The van der Waals surface area contributed by atoms with E-state index >= 15 is 0 Å². The molecule has 2 unspecified atom stereocenters. The third-order valence-electron chi connectivity index (χ3n) is 5.19. The molecule has 1 heterocycles. The van der Waals surface area contributed by atoms with Gasteiger partial charge in [0.1, 0.15) is 11.8 Å². The minimum absolute atomic E-state index is 0.172. The van der Waals surface area contributed by atoms with Crippen molar-refractivity contribution in [3.8, 4) is 5.75 Å². The molecule has 1 saturated heterocycles. The van der Waals surface area contributed by atoms with Crippen LogP contribution in [0, 0.1) is 0 Å². The van der Waals surface area contributed by atoms with Crippen molar-refractivity contribution in [2.45, 2.75) is 31.3 Å². The Bertz CT molecular complexity index is 901. The number of urea groups is 1. The van der Waals surface area contributed by atoms with Gasteiger partial charge in [0.05, 0.1) is 26.2 Å². The van der Waals surface area contributed by atoms with Gasteiger partial charge in [0.15, 0.2) is 0 Å². The van der Waals surface area contributed by atoms with Crippen LogP contribution in [0.2, 0.25) is 0 Å². The minimum atomic E-state index is -0.903. The molecule has 1 aliphatic rings. The zero-order valence-corrected chi connectivity index (χ0v) is 17.4. The van der Waals surface area contributed by atoms with Gasteiger partial charge in [-0.05, 0) is 36.1 Å². The number of nitrogens with one attached hydrogen (secondary N) is 2. The molecule has 0 spiro atoms. The Morgan fingerprint density at radius 1 is 1.13 bits per heavy atom. The molecule has 3 rings (SSSR count). The SMILES string of the molecule is COc1ccc(CCN2C(=O)NC(CC(=O)NC(CO)Cc3ccccc3)C2=O)cc1. The van der Waals surface area contributed by atoms with E-state index in [-0.39, 0.29) is 19.6 Å². The molecule has 1 aliphatic heterocycles. The number of rotatable bonds is 10. The largest absolute Gasteiger partial charge is 0.497 e. The van der Waals surface area contributed by atoms with Crippen molar-refractivity contribution >= 4 is 17.8 Å². The average molecular weight is 425 g/mol. The Morgan fingerprint density at radius 3 is 2.48 bits per heavy atom. The number of nitrogens with zero attached hydrogens (tertiary/aromatic N) is 1. The first-order valence-electron chi connectivity index (χ1n) is 10.2. The highest BCUT2D eigenvalue weighted by Crippen LogP contribution is 2.15. The number of carbonyl (C=O) groups is 3. The lowest BCUT2D eigenvalue weighted by molar-refractivity contribution is -0.131. The fourth-order valence-corrected chi connectivity index (χ4v) is 3.49. The summed E-state index contributed by atoms with van der Waals surface area (Å²) in [7, 11) is 1.59. The van der Waals surface area contributed by atoms with Crippen molar-refractivity contribution in [3.05, 3.63) is 65.7 Å². The van der Waals surface area contributed by atoms with Crippen LogP contribution in [0.1, 0.15) is 17.5 Å². The third-order valence-corrected chi connectivity index (χ3v) is 5.19. The maximum absolute atomic E-state index is 12.6. The van der Waals surface area contributed by atoms with Crippen LogP contribution in [-0.4, -0.2) is 60.2 Å². The molecular weight excluding hydrogens is 398 g/mol. The first kappa shape index (κ1) is 22.3. The molecule has 8 nitrogen and oxygen atoms in total. The zero-order chi connectivity index (χ0) is 22.2. The van der Waals surface area contributed by atoms with Crippen LogP contribution in [-0.2, 0) is 22.4 Å². The standard InChI is InChI=1S/C23H27N3O5/c1-31-19-9-7-16(8-10-19)11-12-26-22(29)20(25-23(26)30)14-21(28)24-18(15-27)13-17-5-3-2-4-6-17/h2-10,18,20,27H,11-15H2,1H3,(H,24,28)(H,25,30). The quantitative estimate of drug-likeness (QED) is 0.497. The molecule has 8 heteroatoms. The van der Waals surface area contributed by atoms with Crippen molar-refractivity contribution in [1.29, 1.82) is 0 Å². The van der Waals surface area contributed by atoms with Crippen molar-refractivity contribution < 1.29 is 24.2 Å². The highest BCUT2D eigenvalue weighted by molar-refractivity contribution is 6.05. The van der Waals surface area contributed by atoms with Crippen LogP contribution in [0.15, 0.2) is 54.6 Å². The van der Waals surface area contributed by atoms with E-state index in [9.17, 15) is 19.5 Å². The van der Waals surface area contributed by atoms with E-state index in [1.807, 2.05) is 54.6 Å². The second kappa shape index (κ2) is 10.6. The van der Waals surface area contributed by atoms with E-state index in [2.05, 4.69) is 10.6 Å². The van der Waals surface area contributed by atoms with Crippen molar-refractivity contribution in [3.63, 3.8) is 0 Å². The molecule has 2 atom stereocenters. The molecule has 4 amide bonds. The third kappa shape index (κ3) is 6.05. The average Bonchev–Trinajstić information content (AvgIpc) is 3.05. The maximum Gasteiger partial charge on any atom is 0.324 e. The topological polar surface area (TPSA) is 108 Å². The van der Waals surface area contributed by atoms with Crippen LogP contribution >= 0.6 is 0 Å². The van der Waals surface area contributed by atoms with Gasteiger partial charge in [-0.3, -0.25) is 14.5 Å². The van der Waals surface area contributed by atoms with Gasteiger partial charge in [-0.15, -0.1) is 0 Å². The van der Waals surface area contributed by atoms with Gasteiger partial charge in [0.2, 0.25) is 5.91 Å². The molecular formula is C23H27N3O5. The Balaban J connectivity index is 1.50. The van der Waals surface area contributed by atoms with E-state index in [0.717, 1.165) is 21.8 Å². The number of benzene rings is 2. The lowest BCUT2D eigenvalue weighted by Gasteiger charge is -2.17. The second-order valence-electron chi connectivity index (χ2n) is 7.43. The summed E-state index contributed by atoms with van der Waals surface area (Å²) in [5.41, 5.74) is 1.95. The van der Waals surface area contributed by atoms with Gasteiger partial charge in [-0.25, -0.2) is 4.79 Å². The molecule has 31 heavy (non-hydrogen) atoms. The zero-order valence-electron chi connectivity index (χ0n) is 17.4. The summed E-state index contributed by atoms with van der Waals surface area (Å²) in [6, 6.07) is 15.0. The van der Waals surface area contributed by atoms with Gasteiger partial charge < -0.3 is 20.5 Å². The lowest BCUT2D eigenvalue weighted by atomic mass is 10.1. The molecule has 164 valence electrons. The highest BCUT2D eigenvalue weighted by atomic mass is 16.5. The van der Waals surface area contributed by atoms with Gasteiger partial charge in [0, 0.05) is 6.54 Å². The van der Waals surface area contributed by atoms with E-state index in [1.54, 1.807) is 7.11 Å². The summed E-state index contributed by atoms with van der Waals surface area (Å²) >= 11 is 0. The van der Waals surface area contributed by atoms with Gasteiger partial charge in [-0.1, -0.05) is 42.5 Å². The van der Waals surface area contributed by atoms with Crippen LogP contribution in [0.25, 0.3) is 0 Å². The molecule has 2 aromatic rings. The summed E-state index contributed by atoms with van der Waals surface area (Å²) in [6.07, 6.45) is 0.808. The Hall–Kier alpha value is -3.39. The second-order valence-corrected chi connectivity index (χ2v) is 7.43. The fourth-order valence-electron chi connectivity index (χ4n) is 3.49. The summed E-state index contributed by atoms with van der Waals surface area (Å²) in [4.78, 5) is 38.4. The Labute approximate surface area is 181 Å². The molecule has 0 saturated carbocycles.